The Balaban J connectivity index is 1.38. The number of piperidine rings is 1. The van der Waals surface area contributed by atoms with Crippen LogP contribution in [-0.2, 0) is 6.54 Å². The van der Waals surface area contributed by atoms with Crippen molar-refractivity contribution < 1.29 is 9.32 Å². The first kappa shape index (κ1) is 22.1. The number of likely N-dealkylation sites (tertiary alicyclic amines) is 1. The number of aromatic nitrogens is 2. The van der Waals surface area contributed by atoms with Gasteiger partial charge < -0.3 is 14.0 Å². The van der Waals surface area contributed by atoms with E-state index in [0.717, 1.165) is 12.1 Å². The van der Waals surface area contributed by atoms with Crippen LogP contribution in [0.4, 0.5) is 0 Å². The Labute approximate surface area is 205 Å². The Hall–Kier alpha value is -2.68. The summed E-state index contributed by atoms with van der Waals surface area (Å²) in [6, 6.07) is 10.5. The van der Waals surface area contributed by atoms with E-state index < -0.39 is 5.91 Å². The molecule has 1 amide bonds. The molecule has 5 rings (SSSR count). The molecule has 0 saturated carbocycles. The van der Waals surface area contributed by atoms with Crippen LogP contribution in [0.3, 0.4) is 0 Å². The molecule has 2 aliphatic heterocycles. The number of hydrogen-bond acceptors (Lipinski definition) is 5. The number of benzene rings is 1. The van der Waals surface area contributed by atoms with E-state index in [9.17, 15) is 9.59 Å². The first-order chi connectivity index (χ1) is 15.8. The number of fused-ring (bicyclic) bond motifs is 4. The number of halogens is 2. The summed E-state index contributed by atoms with van der Waals surface area (Å²) in [7, 11) is 0. The number of carbonyl (C=O) groups is 1. The normalized spacial score (nSPS) is 19.2. The Morgan fingerprint density at radius 3 is 2.64 bits per heavy atom. The molecule has 1 saturated heterocycles. The van der Waals surface area contributed by atoms with Crippen molar-refractivity contribution in [1.29, 1.82) is 0 Å². The monoisotopic (exact) mass is 502 g/mol. The van der Waals surface area contributed by atoms with Gasteiger partial charge in [0.2, 0.25) is 0 Å². The van der Waals surface area contributed by atoms with Crippen molar-refractivity contribution in [1.82, 2.24) is 19.9 Å². The minimum Gasteiger partial charge on any atom is -0.360 e. The minimum absolute atomic E-state index is 0.0280. The average molecular weight is 503 g/mol. The first-order valence-corrected chi connectivity index (χ1v) is 11.7. The minimum atomic E-state index is -0.433. The van der Waals surface area contributed by atoms with Gasteiger partial charge in [0.25, 0.3) is 11.5 Å². The quantitative estimate of drug-likeness (QED) is 0.527. The zero-order valence-electron chi connectivity index (χ0n) is 17.7. The van der Waals surface area contributed by atoms with Crippen molar-refractivity contribution in [3.63, 3.8) is 0 Å². The van der Waals surface area contributed by atoms with E-state index in [1.54, 1.807) is 37.3 Å². The largest absolute Gasteiger partial charge is 0.360 e. The van der Waals surface area contributed by atoms with E-state index >= 15 is 0 Å². The summed E-state index contributed by atoms with van der Waals surface area (Å²) in [5, 5.41) is 7.93. The van der Waals surface area contributed by atoms with E-state index in [4.69, 9.17) is 39.9 Å². The fourth-order valence-corrected chi connectivity index (χ4v) is 5.65. The topological polar surface area (TPSA) is 80.4 Å². The molecule has 2 bridgehead atoms. The van der Waals surface area contributed by atoms with Gasteiger partial charge in [0.15, 0.2) is 5.11 Å². The number of aryl methyl sites for hydroxylation is 1. The third-order valence-electron chi connectivity index (χ3n) is 6.28. The van der Waals surface area contributed by atoms with Crippen LogP contribution in [0.25, 0.3) is 11.3 Å². The highest BCUT2D eigenvalue weighted by Gasteiger charge is 2.36. The Bertz CT molecular complexity index is 1320. The molecule has 2 aromatic heterocycles. The lowest BCUT2D eigenvalue weighted by Gasteiger charge is -2.43. The lowest BCUT2D eigenvalue weighted by molar-refractivity contribution is 0.0967. The van der Waals surface area contributed by atoms with Crippen LogP contribution < -0.4 is 10.9 Å². The summed E-state index contributed by atoms with van der Waals surface area (Å²) in [5.41, 5.74) is 1.99. The first-order valence-electron chi connectivity index (χ1n) is 10.5. The van der Waals surface area contributed by atoms with Gasteiger partial charge in [0.05, 0.1) is 10.0 Å². The van der Waals surface area contributed by atoms with Crippen molar-refractivity contribution in [2.75, 3.05) is 13.1 Å². The summed E-state index contributed by atoms with van der Waals surface area (Å²) in [6.07, 6.45) is 0.996. The smallest absolute Gasteiger partial charge is 0.263 e. The maximum absolute atomic E-state index is 13.2. The van der Waals surface area contributed by atoms with Gasteiger partial charge >= 0.3 is 0 Å². The van der Waals surface area contributed by atoms with Gasteiger partial charge in [-0.25, -0.2) is 0 Å². The molecule has 0 aliphatic carbocycles. The zero-order chi connectivity index (χ0) is 23.3. The molecule has 2 atom stereocenters. The summed E-state index contributed by atoms with van der Waals surface area (Å²) in [4.78, 5) is 27.5. The summed E-state index contributed by atoms with van der Waals surface area (Å²) in [6.45, 7) is 3.60. The average Bonchev–Trinajstić information content (AvgIpc) is 3.15. The van der Waals surface area contributed by atoms with Crippen LogP contribution in [-0.4, -0.2) is 38.7 Å². The molecule has 10 heteroatoms. The third kappa shape index (κ3) is 3.96. The van der Waals surface area contributed by atoms with Gasteiger partial charge in [0.1, 0.15) is 17.0 Å². The molecule has 0 spiro atoms. The van der Waals surface area contributed by atoms with E-state index in [2.05, 4.69) is 10.5 Å². The highest BCUT2D eigenvalue weighted by atomic mass is 35.5. The van der Waals surface area contributed by atoms with Gasteiger partial charge in [0, 0.05) is 42.9 Å². The molecule has 1 fully saturated rings. The molecular formula is C23H20Cl2N4O3S. The van der Waals surface area contributed by atoms with Gasteiger partial charge in [-0.1, -0.05) is 40.5 Å². The van der Waals surface area contributed by atoms with Crippen molar-refractivity contribution in [2.45, 2.75) is 25.8 Å². The SMILES string of the molecule is Cc1onc(-c2c(Cl)cccc2Cl)c1C(=O)NC(=S)N1C[C@H]2C[C@@H](C1)c1cccc(=O)n1C2. The number of nitrogens with one attached hydrogen (secondary N) is 1. The molecule has 170 valence electrons. The zero-order valence-corrected chi connectivity index (χ0v) is 20.0. The second-order valence-corrected chi connectivity index (χ2v) is 9.62. The number of nitrogens with zero attached hydrogens (tertiary/aromatic N) is 3. The fraction of sp³-hybridized carbons (Fsp3) is 0.304. The maximum Gasteiger partial charge on any atom is 0.263 e. The number of rotatable bonds is 2. The van der Waals surface area contributed by atoms with Crippen molar-refractivity contribution in [3.8, 4) is 11.3 Å². The molecule has 7 nitrogen and oxygen atoms in total. The molecule has 3 aromatic rings. The standard InChI is InChI=1S/C23H20Cl2N4O3S/c1-12-19(21(27-32-12)20-15(24)4-2-5-16(20)25)22(31)26-23(33)28-9-13-8-14(11-28)17-6-3-7-18(30)29(17)10-13/h2-7,13-14H,8-11H2,1H3,(H,26,31,33)/t13-,14+/m1/s1. The van der Waals surface area contributed by atoms with Gasteiger partial charge in [-0.2, -0.15) is 0 Å². The van der Waals surface area contributed by atoms with Gasteiger partial charge in [-0.3, -0.25) is 14.9 Å². The van der Waals surface area contributed by atoms with Gasteiger partial charge in [-0.15, -0.1) is 0 Å². The molecule has 33 heavy (non-hydrogen) atoms. The number of hydrogen-bond donors (Lipinski definition) is 1. The van der Waals surface area contributed by atoms with E-state index in [0.29, 0.717) is 46.1 Å². The highest BCUT2D eigenvalue weighted by Crippen LogP contribution is 2.37. The van der Waals surface area contributed by atoms with Crippen LogP contribution in [0.1, 0.15) is 34.2 Å². The Morgan fingerprint density at radius 1 is 1.15 bits per heavy atom. The third-order valence-corrected chi connectivity index (χ3v) is 7.27. The van der Waals surface area contributed by atoms with Crippen LogP contribution in [0.5, 0.6) is 0 Å². The van der Waals surface area contributed by atoms with Crippen molar-refractivity contribution in [3.05, 3.63) is 73.8 Å². The van der Waals surface area contributed by atoms with E-state index in [1.165, 1.54) is 0 Å². The predicted molar refractivity (Wildman–Crippen MR) is 130 cm³/mol. The van der Waals surface area contributed by atoms with Crippen LogP contribution in [0.15, 0.2) is 45.7 Å². The van der Waals surface area contributed by atoms with Crippen LogP contribution in [0.2, 0.25) is 10.0 Å². The Morgan fingerprint density at radius 2 is 1.88 bits per heavy atom. The molecule has 4 heterocycles. The number of thiocarbonyl (C=S) groups is 1. The second-order valence-electron chi connectivity index (χ2n) is 8.42. The van der Waals surface area contributed by atoms with Crippen LogP contribution >= 0.6 is 35.4 Å². The van der Waals surface area contributed by atoms with Gasteiger partial charge in [-0.05, 0) is 49.7 Å². The van der Waals surface area contributed by atoms with Crippen molar-refractivity contribution in [2.24, 2.45) is 5.92 Å². The lowest BCUT2D eigenvalue weighted by Crippen LogP contribution is -2.52. The number of carbonyl (C=O) groups excluding carboxylic acids is 1. The van der Waals surface area contributed by atoms with Crippen LogP contribution in [0, 0.1) is 12.8 Å². The molecule has 1 aromatic carbocycles. The highest BCUT2D eigenvalue weighted by molar-refractivity contribution is 7.80. The molecule has 1 N–H and O–H groups in total. The van der Waals surface area contributed by atoms with Crippen molar-refractivity contribution >= 4 is 46.4 Å². The fourth-order valence-electron chi connectivity index (χ4n) is 4.84. The molecule has 0 unspecified atom stereocenters. The summed E-state index contributed by atoms with van der Waals surface area (Å²) in [5.74, 6) is 0.360. The Kier molecular flexibility index (Phi) is 5.76. The summed E-state index contributed by atoms with van der Waals surface area (Å²) < 4.78 is 7.16. The maximum atomic E-state index is 13.2. The molecule has 0 radical (unpaired) electrons. The number of amides is 1. The number of pyridine rings is 1. The molecule has 2 aliphatic rings. The molecular weight excluding hydrogens is 483 g/mol. The lowest BCUT2D eigenvalue weighted by atomic mass is 9.83. The van der Waals surface area contributed by atoms with E-state index in [1.807, 2.05) is 15.5 Å². The van der Waals surface area contributed by atoms with E-state index in [-0.39, 0.29) is 28.7 Å². The predicted octanol–water partition coefficient (Wildman–Crippen LogP) is 4.25. The summed E-state index contributed by atoms with van der Waals surface area (Å²) >= 11 is 18.3. The second kappa shape index (κ2) is 8.59.